The maximum atomic E-state index is 14.9. The van der Waals surface area contributed by atoms with Gasteiger partial charge in [-0.05, 0) is 30.5 Å². The Balaban J connectivity index is 2.07. The van der Waals surface area contributed by atoms with Gasteiger partial charge in [0.25, 0.3) is 0 Å². The summed E-state index contributed by atoms with van der Waals surface area (Å²) in [5, 5.41) is 0. The Kier molecular flexibility index (Phi) is 3.68. The van der Waals surface area contributed by atoms with Crippen LogP contribution in [0.1, 0.15) is 47.8 Å². The second-order valence-corrected chi connectivity index (χ2v) is 5.31. The predicted molar refractivity (Wildman–Crippen MR) is 73.3 cm³/mol. The van der Waals surface area contributed by atoms with Crippen molar-refractivity contribution in [3.63, 3.8) is 0 Å². The molecule has 0 spiro atoms. The molecule has 2 N–H and O–H groups in total. The molecular weight excluding hydrogens is 277 g/mol. The van der Waals surface area contributed by atoms with E-state index in [1.165, 1.54) is 12.1 Å². The van der Waals surface area contributed by atoms with Gasteiger partial charge in [-0.15, -0.1) is 0 Å². The van der Waals surface area contributed by atoms with Crippen LogP contribution in [0.15, 0.2) is 36.5 Å². The van der Waals surface area contributed by atoms with E-state index in [0.717, 1.165) is 6.07 Å². The van der Waals surface area contributed by atoms with Gasteiger partial charge in [0.2, 0.25) is 0 Å². The number of alkyl halides is 1. The number of pyridine rings is 1. The van der Waals surface area contributed by atoms with Crippen molar-refractivity contribution in [1.29, 1.82) is 0 Å². The predicted octanol–water partition coefficient (Wildman–Crippen LogP) is 3.95. The van der Waals surface area contributed by atoms with Gasteiger partial charge in [0.1, 0.15) is 6.17 Å². The van der Waals surface area contributed by atoms with Crippen LogP contribution in [0.25, 0.3) is 0 Å². The second kappa shape index (κ2) is 5.48. The van der Waals surface area contributed by atoms with E-state index in [-0.39, 0.29) is 11.6 Å². The number of rotatable bonds is 1. The summed E-state index contributed by atoms with van der Waals surface area (Å²) in [7, 11) is 0. The summed E-state index contributed by atoms with van der Waals surface area (Å²) in [6.45, 7) is 0. The lowest BCUT2D eigenvalue weighted by molar-refractivity contribution is 0.274. The molecule has 0 saturated heterocycles. The molecule has 0 unspecified atom stereocenters. The van der Waals surface area contributed by atoms with Crippen molar-refractivity contribution < 1.29 is 13.2 Å². The van der Waals surface area contributed by atoms with Gasteiger partial charge >= 0.3 is 0 Å². The number of fused-ring (bicyclic) bond motifs is 1. The molecule has 0 radical (unpaired) electrons. The Bertz CT molecular complexity index is 660. The van der Waals surface area contributed by atoms with Crippen molar-refractivity contribution >= 4 is 0 Å². The van der Waals surface area contributed by atoms with E-state index in [1.807, 2.05) is 0 Å². The summed E-state index contributed by atoms with van der Waals surface area (Å²) < 4.78 is 42.3. The Morgan fingerprint density at radius 1 is 1.05 bits per heavy atom. The smallest absolute Gasteiger partial charge is 0.162 e. The minimum atomic E-state index is -1.45. The zero-order chi connectivity index (χ0) is 15.0. The molecule has 3 atom stereocenters. The van der Waals surface area contributed by atoms with E-state index in [9.17, 15) is 13.2 Å². The Hall–Kier alpha value is -1.88. The normalized spacial score (nSPS) is 25.2. The molecule has 2 nitrogen and oxygen atoms in total. The first kappa shape index (κ1) is 14.1. The standard InChI is InChI=1S/C16H15F3N2/c17-12-5-1-3-9(15(12)19)10-6-7-13(20)16-11(14(10)18)4-2-8-21-16/h1-5,8,10,13-14H,6-7,20H2/t10-,13+,14+/m0/s1. The third-order valence-corrected chi connectivity index (χ3v) is 4.04. The molecule has 0 saturated carbocycles. The molecule has 21 heavy (non-hydrogen) atoms. The minimum absolute atomic E-state index is 0.0615. The zero-order valence-electron chi connectivity index (χ0n) is 11.3. The highest BCUT2D eigenvalue weighted by molar-refractivity contribution is 5.33. The molecule has 1 aliphatic rings. The lowest BCUT2D eigenvalue weighted by Gasteiger charge is -2.20. The van der Waals surface area contributed by atoms with Gasteiger partial charge in [0.05, 0.1) is 5.69 Å². The van der Waals surface area contributed by atoms with E-state index >= 15 is 0 Å². The molecule has 1 aromatic carbocycles. The second-order valence-electron chi connectivity index (χ2n) is 5.31. The fourth-order valence-corrected chi connectivity index (χ4v) is 2.95. The third kappa shape index (κ3) is 2.42. The summed E-state index contributed by atoms with van der Waals surface area (Å²) in [5.41, 5.74) is 6.96. The van der Waals surface area contributed by atoms with Gasteiger partial charge in [0, 0.05) is 23.7 Å². The highest BCUT2D eigenvalue weighted by Gasteiger charge is 2.34. The van der Waals surface area contributed by atoms with Crippen LogP contribution in [0.5, 0.6) is 0 Å². The molecule has 5 heteroatoms. The Morgan fingerprint density at radius 2 is 1.81 bits per heavy atom. The summed E-state index contributed by atoms with van der Waals surface area (Å²) >= 11 is 0. The average molecular weight is 292 g/mol. The van der Waals surface area contributed by atoms with Crippen LogP contribution >= 0.6 is 0 Å². The number of aromatic nitrogens is 1. The van der Waals surface area contributed by atoms with E-state index < -0.39 is 23.7 Å². The van der Waals surface area contributed by atoms with Gasteiger partial charge in [0.15, 0.2) is 11.6 Å². The first-order chi connectivity index (χ1) is 10.1. The van der Waals surface area contributed by atoms with Gasteiger partial charge in [-0.25, -0.2) is 13.2 Å². The van der Waals surface area contributed by atoms with Gasteiger partial charge in [-0.3, -0.25) is 4.98 Å². The molecule has 0 bridgehead atoms. The maximum absolute atomic E-state index is 14.9. The van der Waals surface area contributed by atoms with Crippen LogP contribution < -0.4 is 5.73 Å². The van der Waals surface area contributed by atoms with Crippen molar-refractivity contribution in [2.45, 2.75) is 31.0 Å². The van der Waals surface area contributed by atoms with Crippen LogP contribution in [-0.4, -0.2) is 4.98 Å². The van der Waals surface area contributed by atoms with Crippen LogP contribution in [-0.2, 0) is 0 Å². The number of benzene rings is 1. The van der Waals surface area contributed by atoms with Gasteiger partial charge in [-0.2, -0.15) is 0 Å². The van der Waals surface area contributed by atoms with Gasteiger partial charge < -0.3 is 5.73 Å². The van der Waals surface area contributed by atoms with Crippen LogP contribution in [0.4, 0.5) is 13.2 Å². The van der Waals surface area contributed by atoms with E-state index in [1.54, 1.807) is 18.3 Å². The van der Waals surface area contributed by atoms with Crippen molar-refractivity contribution in [2.75, 3.05) is 0 Å². The highest BCUT2D eigenvalue weighted by atomic mass is 19.2. The molecule has 1 aromatic heterocycles. The molecule has 1 heterocycles. The van der Waals surface area contributed by atoms with Crippen molar-refractivity contribution in [1.82, 2.24) is 4.98 Å². The Labute approximate surface area is 120 Å². The van der Waals surface area contributed by atoms with E-state index in [0.29, 0.717) is 24.1 Å². The van der Waals surface area contributed by atoms with Crippen LogP contribution in [0.2, 0.25) is 0 Å². The fourth-order valence-electron chi connectivity index (χ4n) is 2.95. The SMILES string of the molecule is N[C@@H]1CC[C@@H](c2cccc(F)c2F)[C@@H](F)c2cccnc21. The lowest BCUT2D eigenvalue weighted by Crippen LogP contribution is -2.12. The van der Waals surface area contributed by atoms with Crippen LogP contribution in [0.3, 0.4) is 0 Å². The molecule has 1 aliphatic carbocycles. The summed E-state index contributed by atoms with van der Waals surface area (Å²) in [4.78, 5) is 4.15. The zero-order valence-corrected chi connectivity index (χ0v) is 11.3. The molecule has 0 amide bonds. The topological polar surface area (TPSA) is 38.9 Å². The maximum Gasteiger partial charge on any atom is 0.162 e. The minimum Gasteiger partial charge on any atom is -0.323 e. The monoisotopic (exact) mass is 292 g/mol. The fraction of sp³-hybridized carbons (Fsp3) is 0.312. The number of nitrogens with two attached hydrogens (primary N) is 1. The number of hydrogen-bond donors (Lipinski definition) is 1. The number of nitrogens with zero attached hydrogens (tertiary/aromatic N) is 1. The van der Waals surface area contributed by atoms with E-state index in [2.05, 4.69) is 4.98 Å². The van der Waals surface area contributed by atoms with E-state index in [4.69, 9.17) is 5.73 Å². The molecule has 0 fully saturated rings. The largest absolute Gasteiger partial charge is 0.323 e. The molecule has 2 aromatic rings. The summed E-state index contributed by atoms with van der Waals surface area (Å²) in [6, 6.07) is 6.72. The molecule has 110 valence electrons. The third-order valence-electron chi connectivity index (χ3n) is 4.04. The Morgan fingerprint density at radius 3 is 2.62 bits per heavy atom. The first-order valence-electron chi connectivity index (χ1n) is 6.88. The van der Waals surface area contributed by atoms with Crippen molar-refractivity contribution in [3.8, 4) is 0 Å². The van der Waals surface area contributed by atoms with Crippen molar-refractivity contribution in [2.24, 2.45) is 5.73 Å². The highest BCUT2D eigenvalue weighted by Crippen LogP contribution is 2.44. The first-order valence-corrected chi connectivity index (χ1v) is 6.88. The average Bonchev–Trinajstić information content (AvgIpc) is 2.62. The molecule has 0 aliphatic heterocycles. The molecular formula is C16H15F3N2. The number of halogens is 3. The number of hydrogen-bond acceptors (Lipinski definition) is 2. The van der Waals surface area contributed by atoms with Crippen molar-refractivity contribution in [3.05, 3.63) is 65.0 Å². The quantitative estimate of drug-likeness (QED) is 0.808. The lowest BCUT2D eigenvalue weighted by atomic mass is 9.88. The molecule has 3 rings (SSSR count). The van der Waals surface area contributed by atoms with Crippen LogP contribution in [0, 0.1) is 11.6 Å². The summed E-state index contributed by atoms with van der Waals surface area (Å²) in [6.07, 6.45) is 0.942. The summed E-state index contributed by atoms with van der Waals surface area (Å²) in [5.74, 6) is -2.69. The van der Waals surface area contributed by atoms with Gasteiger partial charge in [-0.1, -0.05) is 18.2 Å².